The summed E-state index contributed by atoms with van der Waals surface area (Å²) < 4.78 is 10.2. The van der Waals surface area contributed by atoms with Crippen LogP contribution in [0.4, 0.5) is 11.4 Å². The zero-order valence-corrected chi connectivity index (χ0v) is 11.6. The van der Waals surface area contributed by atoms with Crippen molar-refractivity contribution in [2.45, 2.75) is 32.2 Å². The summed E-state index contributed by atoms with van der Waals surface area (Å²) in [6.45, 7) is 1.87. The highest BCUT2D eigenvalue weighted by molar-refractivity contribution is 5.93. The zero-order chi connectivity index (χ0) is 15.4. The summed E-state index contributed by atoms with van der Waals surface area (Å²) in [6, 6.07) is 2.68. The van der Waals surface area contributed by atoms with Gasteiger partial charge >= 0.3 is 0 Å². The summed E-state index contributed by atoms with van der Waals surface area (Å²) in [7, 11) is 0. The van der Waals surface area contributed by atoms with Gasteiger partial charge in [-0.25, -0.2) is 0 Å². The average Bonchev–Trinajstić information content (AvgIpc) is 2.84. The van der Waals surface area contributed by atoms with E-state index >= 15 is 0 Å². The van der Waals surface area contributed by atoms with Crippen LogP contribution in [0.1, 0.15) is 26.2 Å². The minimum absolute atomic E-state index is 0.0122. The number of nitrogens with zero attached hydrogens (tertiary/aromatic N) is 1. The smallest absolute Gasteiger partial charge is 0.296 e. The van der Waals surface area contributed by atoms with Gasteiger partial charge in [0, 0.05) is 18.5 Å². The highest BCUT2D eigenvalue weighted by atomic mass is 16.7. The molecule has 1 aliphatic heterocycles. The Morgan fingerprint density at radius 2 is 2.14 bits per heavy atom. The maximum absolute atomic E-state index is 11.8. The molecule has 1 aromatic rings. The van der Waals surface area contributed by atoms with Crippen LogP contribution in [0.3, 0.4) is 0 Å². The van der Waals surface area contributed by atoms with Crippen molar-refractivity contribution in [3.8, 4) is 11.5 Å². The van der Waals surface area contributed by atoms with E-state index in [-0.39, 0.29) is 36.5 Å². The minimum atomic E-state index is -0.570. The first kappa shape index (κ1) is 15.0. The molecule has 0 spiro atoms. The molecule has 2 rings (SSSR count). The van der Waals surface area contributed by atoms with Crippen LogP contribution in [0.2, 0.25) is 0 Å². The molecule has 3 N–H and O–H groups in total. The molecule has 0 fully saturated rings. The number of benzene rings is 1. The Labute approximate surface area is 121 Å². The van der Waals surface area contributed by atoms with Crippen LogP contribution >= 0.6 is 0 Å². The van der Waals surface area contributed by atoms with Crippen molar-refractivity contribution in [2.24, 2.45) is 5.73 Å². The standard InChI is InChI=1S/C13H17N3O5/c1-8(14)3-2-4-13(17)15-9-5-11-12(21-7-20-11)6-10(9)16(18)19/h5-6,8H,2-4,7,14H2,1H3,(H,15,17). The van der Waals surface area contributed by atoms with Crippen molar-refractivity contribution < 1.29 is 19.2 Å². The van der Waals surface area contributed by atoms with Crippen molar-refractivity contribution in [1.29, 1.82) is 0 Å². The highest BCUT2D eigenvalue weighted by Gasteiger charge is 2.24. The summed E-state index contributed by atoms with van der Waals surface area (Å²) in [5.41, 5.74) is 5.49. The lowest BCUT2D eigenvalue weighted by Gasteiger charge is -2.08. The molecule has 1 heterocycles. The Morgan fingerprint density at radius 3 is 2.76 bits per heavy atom. The number of hydrogen-bond acceptors (Lipinski definition) is 6. The molecule has 1 unspecified atom stereocenters. The molecule has 1 atom stereocenters. The number of carbonyl (C=O) groups is 1. The first-order valence-corrected chi connectivity index (χ1v) is 6.61. The predicted octanol–water partition coefficient (Wildman–Crippen LogP) is 1.78. The second kappa shape index (κ2) is 6.40. The van der Waals surface area contributed by atoms with E-state index < -0.39 is 4.92 Å². The highest BCUT2D eigenvalue weighted by Crippen LogP contribution is 2.40. The lowest BCUT2D eigenvalue weighted by Crippen LogP contribution is -2.17. The third kappa shape index (κ3) is 3.82. The number of anilines is 1. The number of nitrogens with two attached hydrogens (primary N) is 1. The predicted molar refractivity (Wildman–Crippen MR) is 75.3 cm³/mol. The molecule has 0 bridgehead atoms. The van der Waals surface area contributed by atoms with Crippen LogP contribution in [0.25, 0.3) is 0 Å². The van der Waals surface area contributed by atoms with Gasteiger partial charge in [-0.05, 0) is 19.8 Å². The number of nitro benzene ring substituents is 1. The third-order valence-electron chi connectivity index (χ3n) is 3.02. The molecule has 0 saturated heterocycles. The van der Waals surface area contributed by atoms with E-state index in [0.717, 1.165) is 6.42 Å². The van der Waals surface area contributed by atoms with Crippen molar-refractivity contribution in [3.63, 3.8) is 0 Å². The second-order valence-corrected chi connectivity index (χ2v) is 4.90. The van der Waals surface area contributed by atoms with E-state index in [1.165, 1.54) is 12.1 Å². The first-order chi connectivity index (χ1) is 9.97. The Kier molecular flexibility index (Phi) is 4.59. The normalized spacial score (nSPS) is 13.8. The number of ether oxygens (including phenoxy) is 2. The van der Waals surface area contributed by atoms with Crippen LogP contribution in [0.5, 0.6) is 11.5 Å². The van der Waals surface area contributed by atoms with Crippen molar-refractivity contribution in [3.05, 3.63) is 22.2 Å². The van der Waals surface area contributed by atoms with E-state index in [1.54, 1.807) is 0 Å². The molecule has 0 aromatic heterocycles. The van der Waals surface area contributed by atoms with Gasteiger partial charge in [-0.2, -0.15) is 0 Å². The lowest BCUT2D eigenvalue weighted by molar-refractivity contribution is -0.384. The van der Waals surface area contributed by atoms with Gasteiger partial charge in [0.2, 0.25) is 12.7 Å². The summed E-state index contributed by atoms with van der Waals surface area (Å²) in [5.74, 6) is 0.390. The Morgan fingerprint density at radius 1 is 1.48 bits per heavy atom. The van der Waals surface area contributed by atoms with Crippen LogP contribution in [0, 0.1) is 10.1 Å². The van der Waals surface area contributed by atoms with Gasteiger partial charge in [0.25, 0.3) is 5.69 Å². The molecule has 1 aliphatic rings. The van der Waals surface area contributed by atoms with Gasteiger partial charge in [-0.15, -0.1) is 0 Å². The molecular weight excluding hydrogens is 278 g/mol. The molecule has 0 radical (unpaired) electrons. The maximum Gasteiger partial charge on any atom is 0.296 e. The van der Waals surface area contributed by atoms with Gasteiger partial charge in [-0.1, -0.05) is 0 Å². The van der Waals surface area contributed by atoms with E-state index in [2.05, 4.69) is 5.32 Å². The average molecular weight is 295 g/mol. The molecule has 0 saturated carbocycles. The van der Waals surface area contributed by atoms with Gasteiger partial charge in [0.05, 0.1) is 11.0 Å². The van der Waals surface area contributed by atoms with E-state index in [1.807, 2.05) is 6.92 Å². The van der Waals surface area contributed by atoms with Crippen LogP contribution in [-0.2, 0) is 4.79 Å². The molecular formula is C13H17N3O5. The summed E-state index contributed by atoms with van der Waals surface area (Å²) in [6.07, 6.45) is 1.60. The molecule has 8 nitrogen and oxygen atoms in total. The van der Waals surface area contributed by atoms with E-state index in [0.29, 0.717) is 17.9 Å². The van der Waals surface area contributed by atoms with Gasteiger partial charge < -0.3 is 20.5 Å². The molecule has 21 heavy (non-hydrogen) atoms. The third-order valence-corrected chi connectivity index (χ3v) is 3.02. The van der Waals surface area contributed by atoms with E-state index in [9.17, 15) is 14.9 Å². The molecule has 8 heteroatoms. The van der Waals surface area contributed by atoms with E-state index in [4.69, 9.17) is 15.2 Å². The fourth-order valence-corrected chi connectivity index (χ4v) is 1.98. The Balaban J connectivity index is 2.08. The molecule has 1 amide bonds. The molecule has 114 valence electrons. The number of nitrogens with one attached hydrogen (secondary N) is 1. The number of nitro groups is 1. The van der Waals surface area contributed by atoms with Crippen LogP contribution in [-0.4, -0.2) is 23.7 Å². The monoisotopic (exact) mass is 295 g/mol. The maximum atomic E-state index is 11.8. The Bertz CT molecular complexity index is 559. The zero-order valence-electron chi connectivity index (χ0n) is 11.6. The van der Waals surface area contributed by atoms with Crippen molar-refractivity contribution >= 4 is 17.3 Å². The summed E-state index contributed by atoms with van der Waals surface area (Å²) in [5, 5.41) is 13.6. The SMILES string of the molecule is CC(N)CCCC(=O)Nc1cc2c(cc1[N+](=O)[O-])OCO2. The fourth-order valence-electron chi connectivity index (χ4n) is 1.98. The number of hydrogen-bond donors (Lipinski definition) is 2. The van der Waals surface area contributed by atoms with Crippen LogP contribution in [0.15, 0.2) is 12.1 Å². The summed E-state index contributed by atoms with van der Waals surface area (Å²) >= 11 is 0. The number of amides is 1. The summed E-state index contributed by atoms with van der Waals surface area (Å²) in [4.78, 5) is 22.3. The van der Waals surface area contributed by atoms with Gasteiger partial charge in [0.1, 0.15) is 5.69 Å². The van der Waals surface area contributed by atoms with Gasteiger partial charge in [0.15, 0.2) is 11.5 Å². The number of rotatable bonds is 6. The van der Waals surface area contributed by atoms with Crippen molar-refractivity contribution in [1.82, 2.24) is 0 Å². The second-order valence-electron chi connectivity index (χ2n) is 4.90. The van der Waals surface area contributed by atoms with Crippen molar-refractivity contribution in [2.75, 3.05) is 12.1 Å². The quantitative estimate of drug-likeness (QED) is 0.610. The number of fused-ring (bicyclic) bond motifs is 1. The minimum Gasteiger partial charge on any atom is -0.454 e. The largest absolute Gasteiger partial charge is 0.454 e. The van der Waals surface area contributed by atoms with Gasteiger partial charge in [-0.3, -0.25) is 14.9 Å². The lowest BCUT2D eigenvalue weighted by atomic mass is 10.1. The van der Waals surface area contributed by atoms with Crippen LogP contribution < -0.4 is 20.5 Å². The fraction of sp³-hybridized carbons (Fsp3) is 0.462. The first-order valence-electron chi connectivity index (χ1n) is 6.61. The molecule has 0 aliphatic carbocycles. The Hall–Kier alpha value is -2.35. The topological polar surface area (TPSA) is 117 Å². The molecule has 1 aromatic carbocycles. The number of carbonyl (C=O) groups excluding carboxylic acids is 1.